The van der Waals surface area contributed by atoms with Crippen LogP contribution in [0, 0.1) is 6.92 Å². The van der Waals surface area contributed by atoms with Crippen molar-refractivity contribution in [1.82, 2.24) is 14.9 Å². The zero-order valence-corrected chi connectivity index (χ0v) is 11.6. The van der Waals surface area contributed by atoms with Crippen molar-refractivity contribution in [3.63, 3.8) is 0 Å². The second-order valence-corrected chi connectivity index (χ2v) is 4.88. The average molecular weight is 262 g/mol. The lowest BCUT2D eigenvalue weighted by molar-refractivity contribution is 0.180. The van der Waals surface area contributed by atoms with E-state index >= 15 is 0 Å². The minimum absolute atomic E-state index is 0.298. The van der Waals surface area contributed by atoms with Crippen LogP contribution < -0.4 is 11.1 Å². The summed E-state index contributed by atoms with van der Waals surface area (Å²) >= 11 is 0. The number of aromatic nitrogens is 2. The monoisotopic (exact) mass is 262 g/mol. The molecule has 19 heavy (non-hydrogen) atoms. The maximum Gasteiger partial charge on any atom is 0.106 e. The molecule has 5 heteroatoms. The Bertz CT molecular complexity index is 550. The molecule has 1 aromatic carbocycles. The summed E-state index contributed by atoms with van der Waals surface area (Å²) in [5.74, 6) is 1.02. The Morgan fingerprint density at radius 2 is 2.26 bits per heavy atom. The van der Waals surface area contributed by atoms with E-state index < -0.39 is 6.10 Å². The van der Waals surface area contributed by atoms with Gasteiger partial charge in [-0.1, -0.05) is 6.07 Å². The van der Waals surface area contributed by atoms with Crippen molar-refractivity contribution in [1.29, 1.82) is 0 Å². The lowest BCUT2D eigenvalue weighted by Gasteiger charge is -2.09. The summed E-state index contributed by atoms with van der Waals surface area (Å²) in [5.41, 5.74) is 8.79. The first-order chi connectivity index (χ1) is 9.11. The molecule has 1 aromatic heterocycles. The van der Waals surface area contributed by atoms with Gasteiger partial charge in [-0.3, -0.25) is 0 Å². The van der Waals surface area contributed by atoms with E-state index in [1.54, 1.807) is 0 Å². The molecule has 0 aliphatic carbocycles. The number of benzene rings is 1. The third-order valence-corrected chi connectivity index (χ3v) is 3.41. The van der Waals surface area contributed by atoms with Crippen molar-refractivity contribution < 1.29 is 5.11 Å². The fourth-order valence-corrected chi connectivity index (χ4v) is 2.11. The van der Waals surface area contributed by atoms with Crippen LogP contribution in [0.1, 0.15) is 11.4 Å². The van der Waals surface area contributed by atoms with Crippen LogP contribution in [-0.2, 0) is 13.5 Å². The SMILES string of the molecule is Cc1nc2cc(CCNCC(O)CN)ccc2n1C. The minimum Gasteiger partial charge on any atom is -0.390 e. The summed E-state index contributed by atoms with van der Waals surface area (Å²) in [6.07, 6.45) is 0.462. The van der Waals surface area contributed by atoms with Gasteiger partial charge in [0.1, 0.15) is 5.82 Å². The van der Waals surface area contributed by atoms with E-state index in [9.17, 15) is 5.11 Å². The lowest BCUT2D eigenvalue weighted by Crippen LogP contribution is -2.33. The fourth-order valence-electron chi connectivity index (χ4n) is 2.11. The molecular formula is C14H22N4O. The molecule has 1 atom stereocenters. The van der Waals surface area contributed by atoms with Crippen molar-refractivity contribution >= 4 is 11.0 Å². The first-order valence-electron chi connectivity index (χ1n) is 6.62. The largest absolute Gasteiger partial charge is 0.390 e. The van der Waals surface area contributed by atoms with Crippen LogP contribution >= 0.6 is 0 Å². The Kier molecular flexibility index (Phi) is 4.52. The van der Waals surface area contributed by atoms with Gasteiger partial charge in [0.2, 0.25) is 0 Å². The van der Waals surface area contributed by atoms with Gasteiger partial charge in [-0.05, 0) is 37.6 Å². The fraction of sp³-hybridized carbons (Fsp3) is 0.500. The number of imidazole rings is 1. The van der Waals surface area contributed by atoms with Crippen molar-refractivity contribution in [3.8, 4) is 0 Å². The number of nitrogens with zero attached hydrogens (tertiary/aromatic N) is 2. The van der Waals surface area contributed by atoms with Crippen molar-refractivity contribution in [2.24, 2.45) is 12.8 Å². The molecule has 0 aliphatic heterocycles. The van der Waals surface area contributed by atoms with Crippen molar-refractivity contribution in [3.05, 3.63) is 29.6 Å². The van der Waals surface area contributed by atoms with Gasteiger partial charge in [0, 0.05) is 20.1 Å². The van der Waals surface area contributed by atoms with Crippen LogP contribution in [0.4, 0.5) is 0 Å². The molecule has 0 fully saturated rings. The van der Waals surface area contributed by atoms with Crippen molar-refractivity contribution in [2.75, 3.05) is 19.6 Å². The summed E-state index contributed by atoms with van der Waals surface area (Å²) in [6.45, 7) is 3.68. The third-order valence-electron chi connectivity index (χ3n) is 3.41. The van der Waals surface area contributed by atoms with Crippen LogP contribution in [0.2, 0.25) is 0 Å². The summed E-state index contributed by atoms with van der Waals surface area (Å²) in [7, 11) is 2.03. The quantitative estimate of drug-likeness (QED) is 0.656. The first kappa shape index (κ1) is 14.0. The molecule has 0 amide bonds. The lowest BCUT2D eigenvalue weighted by atomic mass is 10.1. The Hall–Kier alpha value is -1.43. The molecule has 1 unspecified atom stereocenters. The number of fused-ring (bicyclic) bond motifs is 1. The molecule has 2 rings (SSSR count). The predicted octanol–water partition coefficient (Wildman–Crippen LogP) is 0.333. The van der Waals surface area contributed by atoms with E-state index in [1.807, 2.05) is 14.0 Å². The second-order valence-electron chi connectivity index (χ2n) is 4.88. The van der Waals surface area contributed by atoms with Gasteiger partial charge in [0.25, 0.3) is 0 Å². The summed E-state index contributed by atoms with van der Waals surface area (Å²) < 4.78 is 2.09. The molecule has 0 bridgehead atoms. The Labute approximate surface area is 113 Å². The van der Waals surface area contributed by atoms with Gasteiger partial charge in [-0.25, -0.2) is 4.98 Å². The Morgan fingerprint density at radius 3 is 3.00 bits per heavy atom. The highest BCUT2D eigenvalue weighted by molar-refractivity contribution is 5.76. The number of aryl methyl sites for hydroxylation is 2. The molecule has 104 valence electrons. The van der Waals surface area contributed by atoms with E-state index in [2.05, 4.69) is 33.1 Å². The van der Waals surface area contributed by atoms with E-state index in [0.717, 1.165) is 29.8 Å². The van der Waals surface area contributed by atoms with Crippen LogP contribution in [-0.4, -0.2) is 40.4 Å². The molecule has 0 saturated carbocycles. The highest BCUT2D eigenvalue weighted by Crippen LogP contribution is 2.16. The molecule has 4 N–H and O–H groups in total. The number of nitrogens with two attached hydrogens (primary N) is 1. The van der Waals surface area contributed by atoms with Crippen molar-refractivity contribution in [2.45, 2.75) is 19.4 Å². The summed E-state index contributed by atoms with van der Waals surface area (Å²) in [4.78, 5) is 4.53. The van der Waals surface area contributed by atoms with Gasteiger partial charge in [0.15, 0.2) is 0 Å². The topological polar surface area (TPSA) is 76.1 Å². The van der Waals surface area contributed by atoms with Gasteiger partial charge in [0.05, 0.1) is 17.1 Å². The number of aliphatic hydroxyl groups is 1. The maximum absolute atomic E-state index is 9.33. The Morgan fingerprint density at radius 1 is 1.47 bits per heavy atom. The normalized spacial score (nSPS) is 13.1. The molecule has 0 spiro atoms. The zero-order chi connectivity index (χ0) is 13.8. The van der Waals surface area contributed by atoms with E-state index in [-0.39, 0.29) is 0 Å². The van der Waals surface area contributed by atoms with Crippen LogP contribution in [0.3, 0.4) is 0 Å². The average Bonchev–Trinajstić information content (AvgIpc) is 2.69. The summed E-state index contributed by atoms with van der Waals surface area (Å²) in [5, 5.41) is 12.5. The van der Waals surface area contributed by atoms with Crippen LogP contribution in [0.5, 0.6) is 0 Å². The Balaban J connectivity index is 1.94. The maximum atomic E-state index is 9.33. The standard InChI is InChI=1S/C14H22N4O/c1-10-17-13-7-11(3-4-14(13)18(10)2)5-6-16-9-12(19)8-15/h3-4,7,12,16,19H,5-6,8-9,15H2,1-2H3. The van der Waals surface area contributed by atoms with E-state index in [0.29, 0.717) is 13.1 Å². The van der Waals surface area contributed by atoms with Gasteiger partial charge in [-0.15, -0.1) is 0 Å². The number of hydrogen-bond donors (Lipinski definition) is 3. The number of nitrogens with one attached hydrogen (secondary N) is 1. The van der Waals surface area contributed by atoms with Gasteiger partial charge >= 0.3 is 0 Å². The molecule has 1 heterocycles. The first-order valence-corrected chi connectivity index (χ1v) is 6.62. The van der Waals surface area contributed by atoms with Gasteiger partial charge in [-0.2, -0.15) is 0 Å². The molecule has 0 aliphatic rings. The van der Waals surface area contributed by atoms with Crippen LogP contribution in [0.15, 0.2) is 18.2 Å². The number of aliphatic hydroxyl groups excluding tert-OH is 1. The van der Waals surface area contributed by atoms with E-state index in [1.165, 1.54) is 5.56 Å². The third kappa shape index (κ3) is 3.32. The molecule has 5 nitrogen and oxygen atoms in total. The highest BCUT2D eigenvalue weighted by Gasteiger charge is 2.05. The second kappa shape index (κ2) is 6.14. The highest BCUT2D eigenvalue weighted by atomic mass is 16.3. The zero-order valence-electron chi connectivity index (χ0n) is 11.6. The minimum atomic E-state index is -0.457. The number of rotatable bonds is 6. The predicted molar refractivity (Wildman–Crippen MR) is 77.1 cm³/mol. The van der Waals surface area contributed by atoms with Crippen LogP contribution in [0.25, 0.3) is 11.0 Å². The number of hydrogen-bond acceptors (Lipinski definition) is 4. The molecular weight excluding hydrogens is 240 g/mol. The molecule has 2 aromatic rings. The van der Waals surface area contributed by atoms with Gasteiger partial charge < -0.3 is 20.7 Å². The molecule has 0 radical (unpaired) electrons. The summed E-state index contributed by atoms with van der Waals surface area (Å²) in [6, 6.07) is 6.37. The molecule has 0 saturated heterocycles. The van der Waals surface area contributed by atoms with E-state index in [4.69, 9.17) is 5.73 Å². The smallest absolute Gasteiger partial charge is 0.106 e.